The fourth-order valence-corrected chi connectivity index (χ4v) is 5.17. The number of morpholine rings is 1. The van der Waals surface area contributed by atoms with Gasteiger partial charge in [-0.3, -0.25) is 4.57 Å². The highest BCUT2D eigenvalue weighted by molar-refractivity contribution is 5.87. The number of hydrogen-bond donors (Lipinski definition) is 1. The van der Waals surface area contributed by atoms with Crippen LogP contribution >= 0.6 is 0 Å². The molecule has 39 heavy (non-hydrogen) atoms. The van der Waals surface area contributed by atoms with Crippen molar-refractivity contribution < 1.29 is 14.2 Å². The Balaban J connectivity index is 1.28. The van der Waals surface area contributed by atoms with Gasteiger partial charge in [0.1, 0.15) is 23.9 Å². The highest BCUT2D eigenvalue weighted by Crippen LogP contribution is 2.35. The van der Waals surface area contributed by atoms with E-state index in [4.69, 9.17) is 19.2 Å². The summed E-state index contributed by atoms with van der Waals surface area (Å²) in [5.74, 6) is -0.185. The third-order valence-electron chi connectivity index (χ3n) is 7.31. The number of anilines is 2. The monoisotopic (exact) mass is 529 g/mol. The lowest BCUT2D eigenvalue weighted by molar-refractivity contribution is -0.113. The molecule has 0 saturated carbocycles. The van der Waals surface area contributed by atoms with Crippen LogP contribution in [-0.2, 0) is 15.3 Å². The molecule has 2 aliphatic rings. The summed E-state index contributed by atoms with van der Waals surface area (Å²) in [4.78, 5) is 20.8. The Bertz CT molecular complexity index is 1360. The fraction of sp³-hybridized carbons (Fsp3) is 0.448. The van der Waals surface area contributed by atoms with Crippen molar-refractivity contribution in [3.63, 3.8) is 0 Å². The molecule has 1 atom stereocenters. The maximum Gasteiger partial charge on any atom is 0.225 e. The Morgan fingerprint density at radius 3 is 2.59 bits per heavy atom. The van der Waals surface area contributed by atoms with Gasteiger partial charge in [-0.1, -0.05) is 13.3 Å². The van der Waals surface area contributed by atoms with Crippen molar-refractivity contribution in [2.75, 3.05) is 49.7 Å². The predicted octanol–water partition coefficient (Wildman–Crippen LogP) is 4.83. The second-order valence-corrected chi connectivity index (χ2v) is 9.96. The summed E-state index contributed by atoms with van der Waals surface area (Å²) in [6.45, 7) is 6.80. The molecule has 0 aliphatic carbocycles. The summed E-state index contributed by atoms with van der Waals surface area (Å²) in [7, 11) is 0. The molecule has 204 valence electrons. The summed E-state index contributed by atoms with van der Waals surface area (Å²) in [6, 6.07) is 12.4. The minimum Gasteiger partial charge on any atom is -0.478 e. The van der Waals surface area contributed by atoms with Crippen LogP contribution in [0.5, 0.6) is 5.88 Å². The third kappa shape index (κ3) is 5.39. The average molecular weight is 530 g/mol. The van der Waals surface area contributed by atoms with Gasteiger partial charge in [0.25, 0.3) is 0 Å². The van der Waals surface area contributed by atoms with Crippen molar-refractivity contribution in [2.45, 2.75) is 44.9 Å². The van der Waals surface area contributed by atoms with E-state index in [2.05, 4.69) is 56.4 Å². The number of imidazole rings is 1. The van der Waals surface area contributed by atoms with Crippen molar-refractivity contribution in [2.24, 2.45) is 0 Å². The van der Waals surface area contributed by atoms with Crippen molar-refractivity contribution in [1.29, 1.82) is 0 Å². The standard InChI is InChI=1S/C29H35N7O3/c1-2-3-15-38-25-11-6-22(19-30-25)26-27-28(32-20-31-26)36(21-33-27)29(12-4-5-16-39-29)34-23-7-9-24(10-8-23)35-13-17-37-18-14-35/h6-11,19-21,34H,2-5,12-18H2,1H3. The number of rotatable bonds is 9. The first-order chi connectivity index (χ1) is 19.3. The lowest BCUT2D eigenvalue weighted by Crippen LogP contribution is -2.46. The zero-order valence-electron chi connectivity index (χ0n) is 22.4. The molecule has 1 N–H and O–H groups in total. The highest BCUT2D eigenvalue weighted by atomic mass is 16.5. The number of nitrogens with one attached hydrogen (secondary N) is 1. The summed E-state index contributed by atoms with van der Waals surface area (Å²) >= 11 is 0. The van der Waals surface area contributed by atoms with Gasteiger partial charge < -0.3 is 24.4 Å². The van der Waals surface area contributed by atoms with Gasteiger partial charge in [0.2, 0.25) is 11.7 Å². The zero-order valence-corrected chi connectivity index (χ0v) is 22.4. The van der Waals surface area contributed by atoms with Crippen LogP contribution in [0.3, 0.4) is 0 Å². The average Bonchev–Trinajstić information content (AvgIpc) is 3.44. The van der Waals surface area contributed by atoms with Crippen LogP contribution in [0, 0.1) is 0 Å². The van der Waals surface area contributed by atoms with Gasteiger partial charge in [-0.25, -0.2) is 19.9 Å². The number of fused-ring (bicyclic) bond motifs is 1. The first kappa shape index (κ1) is 25.5. The smallest absolute Gasteiger partial charge is 0.225 e. The Morgan fingerprint density at radius 2 is 1.85 bits per heavy atom. The fourth-order valence-electron chi connectivity index (χ4n) is 5.17. The molecule has 6 rings (SSSR count). The second-order valence-electron chi connectivity index (χ2n) is 9.96. The van der Waals surface area contributed by atoms with E-state index in [0.29, 0.717) is 30.3 Å². The Kier molecular flexibility index (Phi) is 7.55. The zero-order chi connectivity index (χ0) is 26.5. The molecule has 1 aromatic carbocycles. The molecule has 10 heteroatoms. The number of hydrogen-bond acceptors (Lipinski definition) is 9. The van der Waals surface area contributed by atoms with Crippen molar-refractivity contribution in [1.82, 2.24) is 24.5 Å². The molecule has 3 aromatic heterocycles. The minimum absolute atomic E-state index is 0.612. The molecular weight excluding hydrogens is 494 g/mol. The van der Waals surface area contributed by atoms with E-state index in [1.165, 1.54) is 5.69 Å². The van der Waals surface area contributed by atoms with Crippen LogP contribution in [0.25, 0.3) is 22.4 Å². The van der Waals surface area contributed by atoms with Gasteiger partial charge in [-0.05, 0) is 49.6 Å². The normalized spacial score (nSPS) is 19.8. The summed E-state index contributed by atoms with van der Waals surface area (Å²) in [6.07, 6.45) is 10.1. The molecule has 1 unspecified atom stereocenters. The van der Waals surface area contributed by atoms with Gasteiger partial charge in [0, 0.05) is 48.7 Å². The van der Waals surface area contributed by atoms with Crippen LogP contribution in [0.1, 0.15) is 39.0 Å². The van der Waals surface area contributed by atoms with Crippen LogP contribution in [0.4, 0.5) is 11.4 Å². The van der Waals surface area contributed by atoms with Crippen LogP contribution in [-0.4, -0.2) is 64.0 Å². The number of nitrogens with zero attached hydrogens (tertiary/aromatic N) is 6. The molecule has 0 radical (unpaired) electrons. The Morgan fingerprint density at radius 1 is 0.974 bits per heavy atom. The first-order valence-corrected chi connectivity index (χ1v) is 13.9. The van der Waals surface area contributed by atoms with Crippen molar-refractivity contribution >= 4 is 22.5 Å². The predicted molar refractivity (Wildman–Crippen MR) is 150 cm³/mol. The number of unbranched alkanes of at least 4 members (excludes halogenated alkanes) is 1. The molecular formula is C29H35N7O3. The number of pyridine rings is 1. The van der Waals surface area contributed by atoms with Crippen molar-refractivity contribution in [3.8, 4) is 17.1 Å². The number of ether oxygens (including phenoxy) is 3. The van der Waals surface area contributed by atoms with Crippen molar-refractivity contribution in [3.05, 3.63) is 55.2 Å². The molecule has 10 nitrogen and oxygen atoms in total. The maximum atomic E-state index is 6.47. The topological polar surface area (TPSA) is 99.5 Å². The van der Waals surface area contributed by atoms with Crippen LogP contribution in [0.2, 0.25) is 0 Å². The molecule has 2 saturated heterocycles. The highest BCUT2D eigenvalue weighted by Gasteiger charge is 2.37. The van der Waals surface area contributed by atoms with E-state index < -0.39 is 5.85 Å². The van der Waals surface area contributed by atoms with E-state index in [1.807, 2.05) is 16.7 Å². The van der Waals surface area contributed by atoms with Gasteiger partial charge >= 0.3 is 0 Å². The number of benzene rings is 1. The maximum absolute atomic E-state index is 6.47. The van der Waals surface area contributed by atoms with Gasteiger partial charge in [0.05, 0.1) is 26.4 Å². The lowest BCUT2D eigenvalue weighted by Gasteiger charge is -2.39. The largest absolute Gasteiger partial charge is 0.478 e. The SMILES string of the molecule is CCCCOc1ccc(-c2ncnc3c2ncn3C2(Nc3ccc(N4CCOCC4)cc3)CCCCO2)cn1. The summed E-state index contributed by atoms with van der Waals surface area (Å²) in [5, 5.41) is 3.68. The van der Waals surface area contributed by atoms with E-state index in [1.54, 1.807) is 18.9 Å². The molecule has 2 aliphatic heterocycles. The van der Waals surface area contributed by atoms with Gasteiger partial charge in [-0.15, -0.1) is 0 Å². The second kappa shape index (κ2) is 11.5. The van der Waals surface area contributed by atoms with Crippen LogP contribution in [0.15, 0.2) is 55.2 Å². The summed E-state index contributed by atoms with van der Waals surface area (Å²) in [5.41, 5.74) is 5.18. The molecule has 4 aromatic rings. The van der Waals surface area contributed by atoms with E-state index in [9.17, 15) is 0 Å². The van der Waals surface area contributed by atoms with Crippen LogP contribution < -0.4 is 15.0 Å². The minimum atomic E-state index is -0.797. The Labute approximate surface area is 228 Å². The number of aromatic nitrogens is 5. The van der Waals surface area contributed by atoms with E-state index in [0.717, 1.165) is 75.4 Å². The molecule has 0 spiro atoms. The third-order valence-corrected chi connectivity index (χ3v) is 7.31. The summed E-state index contributed by atoms with van der Waals surface area (Å²) < 4.78 is 19.7. The Hall–Kier alpha value is -3.76. The first-order valence-electron chi connectivity index (χ1n) is 13.9. The molecule has 5 heterocycles. The van der Waals surface area contributed by atoms with Gasteiger partial charge in [-0.2, -0.15) is 0 Å². The van der Waals surface area contributed by atoms with Gasteiger partial charge in [0.15, 0.2) is 5.65 Å². The molecule has 0 bridgehead atoms. The lowest BCUT2D eigenvalue weighted by atomic mass is 10.1. The molecule has 2 fully saturated rings. The molecule has 0 amide bonds. The van der Waals surface area contributed by atoms with E-state index in [-0.39, 0.29) is 0 Å². The van der Waals surface area contributed by atoms with E-state index >= 15 is 0 Å². The quantitative estimate of drug-likeness (QED) is 0.306.